The number of carbonyl (C=O) groups is 1. The number of aryl methyl sites for hydroxylation is 1. The van der Waals surface area contributed by atoms with Crippen molar-refractivity contribution in [3.05, 3.63) is 41.2 Å². The Bertz CT molecular complexity index is 1160. The fourth-order valence-electron chi connectivity index (χ4n) is 3.86. The van der Waals surface area contributed by atoms with Crippen LogP contribution in [-0.4, -0.2) is 33.9 Å². The van der Waals surface area contributed by atoms with Gasteiger partial charge in [-0.15, -0.1) is 0 Å². The third-order valence-electron chi connectivity index (χ3n) is 5.51. The van der Waals surface area contributed by atoms with E-state index < -0.39 is 0 Å². The maximum absolute atomic E-state index is 13.4. The van der Waals surface area contributed by atoms with Gasteiger partial charge >= 0.3 is 0 Å². The lowest BCUT2D eigenvalue weighted by atomic mass is 10.1. The molecule has 1 N–H and O–H groups in total. The van der Waals surface area contributed by atoms with Crippen LogP contribution < -0.4 is 14.8 Å². The van der Waals surface area contributed by atoms with Gasteiger partial charge in [-0.05, 0) is 58.7 Å². The maximum atomic E-state index is 13.4. The molecule has 0 spiro atoms. The van der Waals surface area contributed by atoms with Crippen molar-refractivity contribution in [1.29, 1.82) is 0 Å². The van der Waals surface area contributed by atoms with Gasteiger partial charge in [-0.1, -0.05) is 0 Å². The van der Waals surface area contributed by atoms with E-state index in [0.29, 0.717) is 41.9 Å². The number of amides is 1. The first-order valence-electron chi connectivity index (χ1n) is 10.4. The lowest BCUT2D eigenvalue weighted by Crippen LogP contribution is -2.23. The summed E-state index contributed by atoms with van der Waals surface area (Å²) in [6.45, 7) is 9.27. The predicted molar refractivity (Wildman–Crippen MR) is 115 cm³/mol. The van der Waals surface area contributed by atoms with E-state index in [0.717, 1.165) is 35.3 Å². The van der Waals surface area contributed by atoms with E-state index in [1.165, 1.54) is 0 Å². The van der Waals surface area contributed by atoms with E-state index in [4.69, 9.17) is 19.6 Å². The van der Waals surface area contributed by atoms with E-state index in [2.05, 4.69) is 26.1 Å². The number of pyridine rings is 1. The Morgan fingerprint density at radius 1 is 1.13 bits per heavy atom. The van der Waals surface area contributed by atoms with Gasteiger partial charge in [-0.2, -0.15) is 5.10 Å². The molecule has 0 radical (unpaired) electrons. The third-order valence-corrected chi connectivity index (χ3v) is 5.51. The number of rotatable bonds is 3. The molecule has 1 aliphatic heterocycles. The fraction of sp³-hybridized carbons (Fsp3) is 0.435. The molecule has 0 bridgehead atoms. The molecule has 1 amide bonds. The van der Waals surface area contributed by atoms with Crippen molar-refractivity contribution in [2.45, 2.75) is 52.0 Å². The van der Waals surface area contributed by atoms with Crippen LogP contribution in [0.5, 0.6) is 11.5 Å². The molecule has 1 aliphatic carbocycles. The highest BCUT2D eigenvalue weighted by Gasteiger charge is 2.30. The van der Waals surface area contributed by atoms with Crippen LogP contribution in [0.25, 0.3) is 11.0 Å². The van der Waals surface area contributed by atoms with Crippen LogP contribution in [0.2, 0.25) is 0 Å². The number of nitrogens with one attached hydrogen (secondary N) is 1. The number of hydrogen-bond acceptors (Lipinski definition) is 5. The van der Waals surface area contributed by atoms with Crippen LogP contribution in [-0.2, 0) is 5.54 Å². The Morgan fingerprint density at radius 3 is 2.57 bits per heavy atom. The zero-order chi connectivity index (χ0) is 21.0. The Morgan fingerprint density at radius 2 is 1.87 bits per heavy atom. The van der Waals surface area contributed by atoms with Gasteiger partial charge in [0.25, 0.3) is 5.91 Å². The Hall–Kier alpha value is -3.09. The third kappa shape index (κ3) is 3.28. The second kappa shape index (κ2) is 6.72. The topological polar surface area (TPSA) is 78.3 Å². The average molecular weight is 406 g/mol. The lowest BCUT2D eigenvalue weighted by molar-refractivity contribution is 0.102. The molecule has 2 aliphatic rings. The molecule has 156 valence electrons. The lowest BCUT2D eigenvalue weighted by Gasteiger charge is -2.20. The summed E-state index contributed by atoms with van der Waals surface area (Å²) in [4.78, 5) is 18.3. The minimum absolute atomic E-state index is 0.169. The molecule has 30 heavy (non-hydrogen) atoms. The molecule has 1 aromatic carbocycles. The number of hydrogen-bond donors (Lipinski definition) is 1. The number of anilines is 1. The zero-order valence-corrected chi connectivity index (χ0v) is 17.8. The van der Waals surface area contributed by atoms with Crippen molar-refractivity contribution in [3.63, 3.8) is 0 Å². The molecule has 0 saturated heterocycles. The number of ether oxygens (including phenoxy) is 2. The largest absolute Gasteiger partial charge is 0.486 e. The summed E-state index contributed by atoms with van der Waals surface area (Å²) in [7, 11) is 0. The number of carbonyl (C=O) groups excluding carboxylic acids is 1. The van der Waals surface area contributed by atoms with Crippen molar-refractivity contribution in [1.82, 2.24) is 14.8 Å². The summed E-state index contributed by atoms with van der Waals surface area (Å²) in [5, 5.41) is 8.56. The zero-order valence-electron chi connectivity index (χ0n) is 17.8. The fourth-order valence-corrected chi connectivity index (χ4v) is 3.86. The van der Waals surface area contributed by atoms with Crippen LogP contribution in [0.3, 0.4) is 0 Å². The Labute approximate surface area is 175 Å². The SMILES string of the molecule is Cc1nn(C(C)(C)C)c2nc(C3CC3)cc(C(=O)Nc3ccc4c(c3)OCCO4)c12. The first-order chi connectivity index (χ1) is 14.3. The van der Waals surface area contributed by atoms with Crippen molar-refractivity contribution in [2.24, 2.45) is 0 Å². The summed E-state index contributed by atoms with van der Waals surface area (Å²) >= 11 is 0. The highest BCUT2D eigenvalue weighted by Crippen LogP contribution is 2.41. The van der Waals surface area contributed by atoms with Gasteiger partial charge in [0.05, 0.1) is 22.2 Å². The summed E-state index contributed by atoms with van der Waals surface area (Å²) in [6, 6.07) is 7.40. The number of nitrogens with zero attached hydrogens (tertiary/aromatic N) is 3. The van der Waals surface area contributed by atoms with Crippen molar-refractivity contribution < 1.29 is 14.3 Å². The molecule has 3 heterocycles. The number of aromatic nitrogens is 3. The molecule has 3 aromatic rings. The number of fused-ring (bicyclic) bond motifs is 2. The van der Waals surface area contributed by atoms with Gasteiger partial charge in [0.2, 0.25) is 0 Å². The molecule has 7 heteroatoms. The molecule has 0 unspecified atom stereocenters. The van der Waals surface area contributed by atoms with Crippen molar-refractivity contribution >= 4 is 22.6 Å². The first-order valence-corrected chi connectivity index (χ1v) is 10.4. The van der Waals surface area contributed by atoms with Crippen molar-refractivity contribution in [2.75, 3.05) is 18.5 Å². The molecular formula is C23H26N4O3. The molecule has 7 nitrogen and oxygen atoms in total. The number of benzene rings is 1. The molecule has 5 rings (SSSR count). The average Bonchev–Trinajstić information content (AvgIpc) is 3.50. The summed E-state index contributed by atoms with van der Waals surface area (Å²) in [6.07, 6.45) is 2.23. The summed E-state index contributed by atoms with van der Waals surface area (Å²) in [5.74, 6) is 1.61. The van der Waals surface area contributed by atoms with Crippen molar-refractivity contribution in [3.8, 4) is 11.5 Å². The molecule has 1 saturated carbocycles. The van der Waals surface area contributed by atoms with Gasteiger partial charge in [0.1, 0.15) is 13.2 Å². The monoisotopic (exact) mass is 406 g/mol. The van der Waals surface area contributed by atoms with E-state index in [-0.39, 0.29) is 11.4 Å². The van der Waals surface area contributed by atoms with Gasteiger partial charge in [0, 0.05) is 23.4 Å². The molecular weight excluding hydrogens is 380 g/mol. The van der Waals surface area contributed by atoms with E-state index in [1.54, 1.807) is 6.07 Å². The van der Waals surface area contributed by atoms with Gasteiger partial charge in [-0.25, -0.2) is 9.67 Å². The summed E-state index contributed by atoms with van der Waals surface area (Å²) in [5.41, 5.74) is 3.61. The van der Waals surface area contributed by atoms with Crippen LogP contribution in [0.1, 0.15) is 61.3 Å². The van der Waals surface area contributed by atoms with Crippen LogP contribution >= 0.6 is 0 Å². The first kappa shape index (κ1) is 18.9. The van der Waals surface area contributed by atoms with Crippen LogP contribution in [0.15, 0.2) is 24.3 Å². The van der Waals surface area contributed by atoms with E-state index >= 15 is 0 Å². The van der Waals surface area contributed by atoms with E-state index in [1.807, 2.05) is 29.8 Å². The molecule has 2 aromatic heterocycles. The van der Waals surface area contributed by atoms with Gasteiger partial charge < -0.3 is 14.8 Å². The predicted octanol–water partition coefficient (Wildman–Crippen LogP) is 4.40. The minimum atomic E-state index is -0.231. The molecule has 0 atom stereocenters. The van der Waals surface area contributed by atoms with Crippen LogP contribution in [0, 0.1) is 6.92 Å². The minimum Gasteiger partial charge on any atom is -0.486 e. The summed E-state index contributed by atoms with van der Waals surface area (Å²) < 4.78 is 13.1. The second-order valence-corrected chi connectivity index (χ2v) is 9.05. The Kier molecular flexibility index (Phi) is 4.24. The smallest absolute Gasteiger partial charge is 0.256 e. The second-order valence-electron chi connectivity index (χ2n) is 9.05. The normalized spacial score (nSPS) is 16.0. The Balaban J connectivity index is 1.57. The molecule has 1 fully saturated rings. The maximum Gasteiger partial charge on any atom is 0.256 e. The highest BCUT2D eigenvalue weighted by molar-refractivity contribution is 6.12. The van der Waals surface area contributed by atoms with Gasteiger partial charge in [-0.3, -0.25) is 4.79 Å². The van der Waals surface area contributed by atoms with E-state index in [9.17, 15) is 4.79 Å². The standard InChI is InChI=1S/C23H26N4O3/c1-13-20-16(22(28)24-15-7-8-18-19(11-15)30-10-9-29-18)12-17(14-5-6-14)25-21(20)27(26-13)23(2,3)4/h7-8,11-12,14H,5-6,9-10H2,1-4H3,(H,24,28). The van der Waals surface area contributed by atoms with Crippen LogP contribution in [0.4, 0.5) is 5.69 Å². The quantitative estimate of drug-likeness (QED) is 0.698. The highest BCUT2D eigenvalue weighted by atomic mass is 16.6. The van der Waals surface area contributed by atoms with Gasteiger partial charge in [0.15, 0.2) is 17.1 Å².